The second-order valence-electron chi connectivity index (χ2n) is 6.42. The van der Waals surface area contributed by atoms with Crippen LogP contribution in [-0.2, 0) is 15.8 Å². The normalized spacial score (nSPS) is 15.6. The number of carbonyl (C=O) groups excluding carboxylic acids is 3. The van der Waals surface area contributed by atoms with Gasteiger partial charge in [0.2, 0.25) is 5.91 Å². The van der Waals surface area contributed by atoms with Gasteiger partial charge >= 0.3 is 12.2 Å². The zero-order valence-electron chi connectivity index (χ0n) is 15.2. The van der Waals surface area contributed by atoms with Crippen molar-refractivity contribution in [3.63, 3.8) is 0 Å². The number of nitrogens with one attached hydrogen (secondary N) is 2. The Balaban J connectivity index is 1.71. The third kappa shape index (κ3) is 4.81. The van der Waals surface area contributed by atoms with Crippen LogP contribution < -0.4 is 10.6 Å². The van der Waals surface area contributed by atoms with Crippen LogP contribution in [0.15, 0.2) is 54.2 Å². The second-order valence-corrected chi connectivity index (χ2v) is 6.42. The molecule has 0 aliphatic carbocycles. The lowest BCUT2D eigenvalue weighted by molar-refractivity contribution is -0.137. The summed E-state index contributed by atoms with van der Waals surface area (Å²) in [5.41, 5.74) is 0.513. The monoisotopic (exact) mass is 403 g/mol. The summed E-state index contributed by atoms with van der Waals surface area (Å²) < 4.78 is 38.4. The maximum atomic E-state index is 12.8. The molecule has 2 aromatic carbocycles. The van der Waals surface area contributed by atoms with Crippen molar-refractivity contribution in [3.8, 4) is 0 Å². The number of carbonyl (C=O) groups is 3. The number of alkyl halides is 3. The zero-order valence-corrected chi connectivity index (χ0v) is 15.2. The van der Waals surface area contributed by atoms with Gasteiger partial charge in [-0.15, -0.1) is 0 Å². The van der Waals surface area contributed by atoms with Crippen molar-refractivity contribution in [2.24, 2.45) is 0 Å². The van der Waals surface area contributed by atoms with Gasteiger partial charge < -0.3 is 10.6 Å². The summed E-state index contributed by atoms with van der Waals surface area (Å²) in [5.74, 6) is -1.39. The van der Waals surface area contributed by atoms with Gasteiger partial charge in [0.15, 0.2) is 0 Å². The molecule has 1 saturated heterocycles. The van der Waals surface area contributed by atoms with Crippen LogP contribution in [0.3, 0.4) is 0 Å². The average Bonchev–Trinajstić information content (AvgIpc) is 2.90. The number of hydrogen-bond acceptors (Lipinski definition) is 3. The molecular weight excluding hydrogens is 387 g/mol. The molecule has 150 valence electrons. The molecule has 2 aromatic rings. The van der Waals surface area contributed by atoms with Crippen LogP contribution in [0.5, 0.6) is 0 Å². The largest absolute Gasteiger partial charge is 0.416 e. The smallest absolute Gasteiger partial charge is 0.325 e. The fourth-order valence-corrected chi connectivity index (χ4v) is 2.67. The van der Waals surface area contributed by atoms with Gasteiger partial charge in [-0.1, -0.05) is 29.8 Å². The number of rotatable bonds is 4. The highest BCUT2D eigenvalue weighted by Crippen LogP contribution is 2.30. The van der Waals surface area contributed by atoms with Gasteiger partial charge in [-0.25, -0.2) is 9.69 Å². The van der Waals surface area contributed by atoms with Gasteiger partial charge in [-0.3, -0.25) is 9.59 Å². The maximum absolute atomic E-state index is 12.8. The molecule has 1 heterocycles. The molecule has 0 unspecified atom stereocenters. The molecule has 0 saturated carbocycles. The number of aryl methyl sites for hydroxylation is 1. The molecular formula is C20H16F3N3O3. The molecule has 1 aliphatic rings. The Hall–Kier alpha value is -3.62. The number of halogens is 3. The number of imide groups is 1. The molecule has 1 fully saturated rings. The van der Waals surface area contributed by atoms with E-state index >= 15 is 0 Å². The van der Waals surface area contributed by atoms with Gasteiger partial charge in [-0.05, 0) is 42.8 Å². The molecule has 9 heteroatoms. The molecule has 1 aliphatic heterocycles. The summed E-state index contributed by atoms with van der Waals surface area (Å²) in [6.45, 7) is 1.36. The molecule has 4 amide bonds. The first kappa shape index (κ1) is 20.1. The van der Waals surface area contributed by atoms with E-state index in [9.17, 15) is 27.6 Å². The van der Waals surface area contributed by atoms with Crippen molar-refractivity contribution in [2.45, 2.75) is 13.1 Å². The molecule has 0 atom stereocenters. The van der Waals surface area contributed by atoms with Crippen LogP contribution in [-0.4, -0.2) is 29.3 Å². The van der Waals surface area contributed by atoms with Gasteiger partial charge in [0.1, 0.15) is 12.2 Å². The van der Waals surface area contributed by atoms with Crippen molar-refractivity contribution in [1.29, 1.82) is 0 Å². The molecule has 0 spiro atoms. The first-order valence-corrected chi connectivity index (χ1v) is 8.52. The lowest BCUT2D eigenvalue weighted by Gasteiger charge is -2.12. The van der Waals surface area contributed by atoms with E-state index in [2.05, 4.69) is 10.6 Å². The maximum Gasteiger partial charge on any atom is 0.416 e. The average molecular weight is 403 g/mol. The van der Waals surface area contributed by atoms with Crippen LogP contribution in [0.4, 0.5) is 23.7 Å². The molecule has 0 radical (unpaired) electrons. The fraction of sp³-hybridized carbons (Fsp3) is 0.150. The topological polar surface area (TPSA) is 78.5 Å². The summed E-state index contributed by atoms with van der Waals surface area (Å²) in [5, 5.41) is 4.84. The van der Waals surface area contributed by atoms with E-state index < -0.39 is 36.1 Å². The predicted molar refractivity (Wildman–Crippen MR) is 99.5 cm³/mol. The van der Waals surface area contributed by atoms with Gasteiger partial charge in [0.05, 0.1) is 5.56 Å². The summed E-state index contributed by atoms with van der Waals surface area (Å²) in [6, 6.07) is 10.4. The first-order valence-electron chi connectivity index (χ1n) is 8.52. The van der Waals surface area contributed by atoms with Gasteiger partial charge in [0, 0.05) is 5.69 Å². The van der Waals surface area contributed by atoms with E-state index in [-0.39, 0.29) is 11.3 Å². The Labute approximate surface area is 164 Å². The van der Waals surface area contributed by atoms with E-state index in [1.165, 1.54) is 12.1 Å². The highest BCUT2D eigenvalue weighted by molar-refractivity contribution is 6.15. The SMILES string of the molecule is Cc1ccc(NC(=O)CN2C(=O)NC(=Cc3cccc(C(F)(F)F)c3)C2=O)cc1. The molecule has 3 rings (SSSR count). The Bertz CT molecular complexity index is 998. The van der Waals surface area contributed by atoms with Gasteiger partial charge in [0.25, 0.3) is 5.91 Å². The van der Waals surface area contributed by atoms with E-state index in [1.54, 1.807) is 24.3 Å². The molecule has 6 nitrogen and oxygen atoms in total. The van der Waals surface area contributed by atoms with Crippen molar-refractivity contribution in [2.75, 3.05) is 11.9 Å². The standard InChI is InChI=1S/C20H16F3N3O3/c1-12-5-7-15(8-6-12)24-17(27)11-26-18(28)16(25-19(26)29)10-13-3-2-4-14(9-13)20(21,22)23/h2-10H,11H2,1H3,(H,24,27)(H,25,29). The number of amides is 4. The second kappa shape index (κ2) is 7.78. The third-order valence-electron chi connectivity index (χ3n) is 4.12. The highest BCUT2D eigenvalue weighted by Gasteiger charge is 2.35. The summed E-state index contributed by atoms with van der Waals surface area (Å²) in [4.78, 5) is 37.3. The van der Waals surface area contributed by atoms with E-state index in [4.69, 9.17) is 0 Å². The van der Waals surface area contributed by atoms with E-state index in [0.717, 1.165) is 23.8 Å². The predicted octanol–water partition coefficient (Wildman–Crippen LogP) is 3.55. The lowest BCUT2D eigenvalue weighted by atomic mass is 10.1. The van der Waals surface area contributed by atoms with E-state index in [1.807, 2.05) is 6.92 Å². The fourth-order valence-electron chi connectivity index (χ4n) is 2.67. The number of nitrogens with zero attached hydrogens (tertiary/aromatic N) is 1. The minimum Gasteiger partial charge on any atom is -0.325 e. The van der Waals surface area contributed by atoms with Crippen molar-refractivity contribution < 1.29 is 27.6 Å². The number of benzene rings is 2. The van der Waals surface area contributed by atoms with Gasteiger partial charge in [-0.2, -0.15) is 13.2 Å². The van der Waals surface area contributed by atoms with Crippen LogP contribution in [0.25, 0.3) is 6.08 Å². The Kier molecular flexibility index (Phi) is 5.40. The quantitative estimate of drug-likeness (QED) is 0.606. The Morgan fingerprint density at radius 1 is 1.14 bits per heavy atom. The molecule has 2 N–H and O–H groups in total. The minimum absolute atomic E-state index is 0.0921. The molecule has 0 bridgehead atoms. The molecule has 29 heavy (non-hydrogen) atoms. The number of hydrogen-bond donors (Lipinski definition) is 2. The van der Waals surface area contributed by atoms with Crippen LogP contribution in [0.1, 0.15) is 16.7 Å². The van der Waals surface area contributed by atoms with Crippen molar-refractivity contribution >= 4 is 29.6 Å². The van der Waals surface area contributed by atoms with Crippen LogP contribution in [0, 0.1) is 6.92 Å². The first-order chi connectivity index (χ1) is 13.6. The van der Waals surface area contributed by atoms with Crippen molar-refractivity contribution in [1.82, 2.24) is 10.2 Å². The lowest BCUT2D eigenvalue weighted by Crippen LogP contribution is -2.38. The highest BCUT2D eigenvalue weighted by atomic mass is 19.4. The molecule has 0 aromatic heterocycles. The number of urea groups is 1. The zero-order chi connectivity index (χ0) is 21.2. The minimum atomic E-state index is -4.53. The van der Waals surface area contributed by atoms with Crippen molar-refractivity contribution in [3.05, 3.63) is 70.9 Å². The Morgan fingerprint density at radius 3 is 2.48 bits per heavy atom. The summed E-state index contributed by atoms with van der Waals surface area (Å²) in [6.07, 6.45) is -3.40. The summed E-state index contributed by atoms with van der Waals surface area (Å²) in [7, 11) is 0. The van der Waals surface area contributed by atoms with Crippen LogP contribution >= 0.6 is 0 Å². The third-order valence-corrected chi connectivity index (χ3v) is 4.12. The Morgan fingerprint density at radius 2 is 1.83 bits per heavy atom. The van der Waals surface area contributed by atoms with E-state index in [0.29, 0.717) is 10.6 Å². The number of anilines is 1. The van der Waals surface area contributed by atoms with Crippen LogP contribution in [0.2, 0.25) is 0 Å². The summed E-state index contributed by atoms with van der Waals surface area (Å²) >= 11 is 0.